The Morgan fingerprint density at radius 1 is 1.15 bits per heavy atom. The topological polar surface area (TPSA) is 0 Å². The fourth-order valence-corrected chi connectivity index (χ4v) is 1.26. The van der Waals surface area contributed by atoms with Crippen LogP contribution < -0.4 is 0 Å². The van der Waals surface area contributed by atoms with Gasteiger partial charge in [0.25, 0.3) is 0 Å². The summed E-state index contributed by atoms with van der Waals surface area (Å²) in [5, 5.41) is 0. The van der Waals surface area contributed by atoms with E-state index in [4.69, 9.17) is 0 Å². The molecule has 72 valence electrons. The fourth-order valence-electron chi connectivity index (χ4n) is 1.26. The highest BCUT2D eigenvalue weighted by Gasteiger charge is 2.00. The molecule has 1 rings (SSSR count). The average molecular weight is 176 g/mol. The monoisotopic (exact) mass is 176 g/mol. The highest BCUT2D eigenvalue weighted by Crippen LogP contribution is 2.20. The second-order valence-electron chi connectivity index (χ2n) is 2.60. The molecular weight excluding hydrogens is 156 g/mol. The molecule has 13 heavy (non-hydrogen) atoms. The van der Waals surface area contributed by atoms with Crippen LogP contribution in [-0.2, 0) is 0 Å². The molecule has 0 aromatic rings. The van der Waals surface area contributed by atoms with Crippen LogP contribution in [0, 0.1) is 0 Å². The van der Waals surface area contributed by atoms with E-state index in [0.29, 0.717) is 0 Å². The van der Waals surface area contributed by atoms with Gasteiger partial charge in [-0.3, -0.25) is 0 Å². The predicted molar refractivity (Wildman–Crippen MR) is 61.8 cm³/mol. The van der Waals surface area contributed by atoms with Crippen molar-refractivity contribution in [3.05, 3.63) is 48.1 Å². The molecule has 1 aliphatic carbocycles. The molecule has 0 aromatic carbocycles. The van der Waals surface area contributed by atoms with E-state index in [1.807, 2.05) is 26.8 Å². The molecule has 0 aromatic heterocycles. The zero-order valence-electron chi connectivity index (χ0n) is 9.01. The molecule has 0 spiro atoms. The smallest absolute Gasteiger partial charge is 0.0231 e. The summed E-state index contributed by atoms with van der Waals surface area (Å²) in [6, 6.07) is 0. The summed E-state index contributed by atoms with van der Waals surface area (Å²) in [5.41, 5.74) is 2.59. The van der Waals surface area contributed by atoms with Crippen LogP contribution in [-0.4, -0.2) is 0 Å². The molecule has 0 saturated heterocycles. The maximum atomic E-state index is 3.77. The lowest BCUT2D eigenvalue weighted by atomic mass is 9.98. The zero-order chi connectivity index (χ0) is 10.1. The van der Waals surface area contributed by atoms with Crippen LogP contribution in [0.5, 0.6) is 0 Å². The van der Waals surface area contributed by atoms with Crippen molar-refractivity contribution < 1.29 is 0 Å². The third-order valence-corrected chi connectivity index (χ3v) is 1.79. The number of allylic oxidation sites excluding steroid dienone is 7. The lowest BCUT2D eigenvalue weighted by Crippen LogP contribution is -1.88. The summed E-state index contributed by atoms with van der Waals surface area (Å²) in [6.45, 7) is 9.81. The van der Waals surface area contributed by atoms with E-state index in [1.54, 1.807) is 0 Å². The second-order valence-corrected chi connectivity index (χ2v) is 2.60. The molecule has 0 nitrogen and oxygen atoms in total. The second kappa shape index (κ2) is 7.60. The largest absolute Gasteiger partial charge is 0.0985 e. The summed E-state index contributed by atoms with van der Waals surface area (Å²) in [5.74, 6) is 0. The molecule has 0 heterocycles. The summed E-state index contributed by atoms with van der Waals surface area (Å²) in [6.07, 6.45) is 12.9. The van der Waals surface area contributed by atoms with Gasteiger partial charge in [-0.25, -0.2) is 0 Å². The van der Waals surface area contributed by atoms with Crippen LogP contribution in [0.25, 0.3) is 0 Å². The first-order chi connectivity index (χ1) is 6.38. The number of hydrogen-bond donors (Lipinski definition) is 0. The third-order valence-electron chi connectivity index (χ3n) is 1.79. The van der Waals surface area contributed by atoms with Gasteiger partial charge >= 0.3 is 0 Å². The Morgan fingerprint density at radius 2 is 1.69 bits per heavy atom. The van der Waals surface area contributed by atoms with Gasteiger partial charge in [-0.05, 0) is 30.9 Å². The maximum absolute atomic E-state index is 3.77. The van der Waals surface area contributed by atoms with Gasteiger partial charge in [0, 0.05) is 0 Å². The number of hydrogen-bond acceptors (Lipinski definition) is 0. The normalized spacial score (nSPS) is 15.6. The van der Waals surface area contributed by atoms with E-state index in [1.165, 1.54) is 11.1 Å². The average Bonchev–Trinajstić information content (AvgIpc) is 2.22. The van der Waals surface area contributed by atoms with Crippen molar-refractivity contribution in [3.8, 4) is 0 Å². The van der Waals surface area contributed by atoms with E-state index in [2.05, 4.69) is 30.9 Å². The minimum Gasteiger partial charge on any atom is -0.0985 e. The van der Waals surface area contributed by atoms with Gasteiger partial charge in [0.1, 0.15) is 0 Å². The molecule has 1 aliphatic rings. The molecule has 0 bridgehead atoms. The van der Waals surface area contributed by atoms with Crippen LogP contribution in [0.2, 0.25) is 0 Å². The van der Waals surface area contributed by atoms with E-state index in [9.17, 15) is 0 Å². The van der Waals surface area contributed by atoms with Gasteiger partial charge in [0.2, 0.25) is 0 Å². The fraction of sp³-hybridized carbons (Fsp3) is 0.385. The molecule has 0 saturated carbocycles. The van der Waals surface area contributed by atoms with Crippen molar-refractivity contribution in [3.63, 3.8) is 0 Å². The van der Waals surface area contributed by atoms with Crippen molar-refractivity contribution in [1.29, 1.82) is 0 Å². The molecule has 0 fully saturated rings. The molecule has 0 radical (unpaired) electrons. The highest BCUT2D eigenvalue weighted by molar-refractivity contribution is 5.47. The minimum absolute atomic E-state index is 1.16. The third kappa shape index (κ3) is 3.93. The van der Waals surface area contributed by atoms with Crippen molar-refractivity contribution in [2.75, 3.05) is 0 Å². The van der Waals surface area contributed by atoms with Crippen LogP contribution in [0.1, 0.15) is 33.6 Å². The van der Waals surface area contributed by atoms with Crippen LogP contribution in [0.3, 0.4) is 0 Å². The van der Waals surface area contributed by atoms with Crippen molar-refractivity contribution in [2.24, 2.45) is 0 Å². The maximum Gasteiger partial charge on any atom is -0.0231 e. The first kappa shape index (κ1) is 12.0. The Morgan fingerprint density at radius 3 is 2.15 bits per heavy atom. The molecule has 0 unspecified atom stereocenters. The standard InChI is InChI=1S/C11H14.C2H6/c1-3-7-11-9-6-5-8-10(11)4-2;1-2/h3-4,7-9H,2,5-6H2,1H3;1-2H3/b7-3-;. The minimum atomic E-state index is 1.16. The summed E-state index contributed by atoms with van der Waals surface area (Å²) in [4.78, 5) is 0. The Balaban J connectivity index is 0.000000671. The Bertz CT molecular complexity index is 226. The van der Waals surface area contributed by atoms with Gasteiger partial charge in [-0.15, -0.1) is 0 Å². The lowest BCUT2D eigenvalue weighted by Gasteiger charge is -2.08. The van der Waals surface area contributed by atoms with Crippen LogP contribution in [0.4, 0.5) is 0 Å². The van der Waals surface area contributed by atoms with Crippen molar-refractivity contribution in [1.82, 2.24) is 0 Å². The first-order valence-electron chi connectivity index (χ1n) is 5.04. The number of rotatable bonds is 2. The van der Waals surface area contributed by atoms with E-state index < -0.39 is 0 Å². The van der Waals surface area contributed by atoms with Crippen LogP contribution >= 0.6 is 0 Å². The molecule has 0 heteroatoms. The molecule has 0 aliphatic heterocycles. The molecule has 0 amide bonds. The highest BCUT2D eigenvalue weighted by atomic mass is 14.1. The van der Waals surface area contributed by atoms with Crippen molar-refractivity contribution >= 4 is 0 Å². The van der Waals surface area contributed by atoms with E-state index in [0.717, 1.165) is 12.8 Å². The Kier molecular flexibility index (Phi) is 6.99. The summed E-state index contributed by atoms with van der Waals surface area (Å²) < 4.78 is 0. The van der Waals surface area contributed by atoms with E-state index >= 15 is 0 Å². The molecule has 0 N–H and O–H groups in total. The van der Waals surface area contributed by atoms with Gasteiger partial charge in [0.05, 0.1) is 0 Å². The van der Waals surface area contributed by atoms with Crippen LogP contribution in [0.15, 0.2) is 48.1 Å². The lowest BCUT2D eigenvalue weighted by molar-refractivity contribution is 1.01. The quantitative estimate of drug-likeness (QED) is 0.584. The van der Waals surface area contributed by atoms with Gasteiger partial charge in [-0.2, -0.15) is 0 Å². The van der Waals surface area contributed by atoms with Gasteiger partial charge < -0.3 is 0 Å². The van der Waals surface area contributed by atoms with Crippen molar-refractivity contribution in [2.45, 2.75) is 33.6 Å². The van der Waals surface area contributed by atoms with Gasteiger partial charge in [-0.1, -0.05) is 50.8 Å². The SMILES string of the molecule is C=CC1=CCCC=C1/C=C\C.CC. The van der Waals surface area contributed by atoms with Gasteiger partial charge in [0.15, 0.2) is 0 Å². The molecular formula is C13H20. The predicted octanol–water partition coefficient (Wildman–Crippen LogP) is 4.42. The molecule has 0 atom stereocenters. The van der Waals surface area contributed by atoms with E-state index in [-0.39, 0.29) is 0 Å². The summed E-state index contributed by atoms with van der Waals surface area (Å²) >= 11 is 0. The first-order valence-corrected chi connectivity index (χ1v) is 5.04. The Hall–Kier alpha value is -1.04. The Labute approximate surface area is 82.4 Å². The summed E-state index contributed by atoms with van der Waals surface area (Å²) in [7, 11) is 0. The zero-order valence-corrected chi connectivity index (χ0v) is 9.01.